The highest BCUT2D eigenvalue weighted by atomic mass is 32.1. The number of hydrogen-bond acceptors (Lipinski definition) is 4. The first kappa shape index (κ1) is 22.6. The number of nitrogens with zero attached hydrogens (tertiary/aromatic N) is 2. The summed E-state index contributed by atoms with van der Waals surface area (Å²) in [5.74, 6) is 1.28. The SMILES string of the molecule is CCNC(=O)N(CC(=O)N1CCc2sccc2[C@H]1COc1ccc(C(C)C)cc1)C1CC1. The first-order chi connectivity index (χ1) is 15.5. The molecule has 32 heavy (non-hydrogen) atoms. The van der Waals surface area contributed by atoms with Gasteiger partial charge in [-0.15, -0.1) is 11.3 Å². The Balaban J connectivity index is 1.47. The quantitative estimate of drug-likeness (QED) is 0.634. The van der Waals surface area contributed by atoms with Gasteiger partial charge in [0.1, 0.15) is 18.9 Å². The number of ether oxygens (including phenoxy) is 1. The monoisotopic (exact) mass is 455 g/mol. The minimum Gasteiger partial charge on any atom is -0.491 e. The second-order valence-electron chi connectivity index (χ2n) is 8.88. The summed E-state index contributed by atoms with van der Waals surface area (Å²) in [6.45, 7) is 7.98. The van der Waals surface area contributed by atoms with Crippen molar-refractivity contribution in [1.82, 2.24) is 15.1 Å². The van der Waals surface area contributed by atoms with E-state index in [0.717, 1.165) is 25.0 Å². The van der Waals surface area contributed by atoms with Crippen molar-refractivity contribution in [1.29, 1.82) is 0 Å². The van der Waals surface area contributed by atoms with Gasteiger partial charge in [0.05, 0.1) is 6.04 Å². The molecule has 0 saturated heterocycles. The van der Waals surface area contributed by atoms with E-state index in [-0.39, 0.29) is 30.6 Å². The van der Waals surface area contributed by atoms with Crippen LogP contribution in [0.1, 0.15) is 61.6 Å². The van der Waals surface area contributed by atoms with Crippen molar-refractivity contribution in [3.05, 3.63) is 51.7 Å². The van der Waals surface area contributed by atoms with Crippen LogP contribution < -0.4 is 10.1 Å². The second-order valence-corrected chi connectivity index (χ2v) is 9.88. The van der Waals surface area contributed by atoms with E-state index in [1.807, 2.05) is 24.0 Å². The Kier molecular flexibility index (Phi) is 7.04. The summed E-state index contributed by atoms with van der Waals surface area (Å²) >= 11 is 1.74. The minimum absolute atomic E-state index is 0.0104. The third kappa shape index (κ3) is 5.09. The highest BCUT2D eigenvalue weighted by Gasteiger charge is 2.37. The smallest absolute Gasteiger partial charge is 0.318 e. The van der Waals surface area contributed by atoms with Crippen LogP contribution in [0.5, 0.6) is 5.75 Å². The molecule has 2 aliphatic rings. The number of urea groups is 1. The fourth-order valence-electron chi connectivity index (χ4n) is 4.24. The van der Waals surface area contributed by atoms with Crippen molar-refractivity contribution >= 4 is 23.3 Å². The minimum atomic E-state index is -0.144. The predicted octanol–water partition coefficient (Wildman–Crippen LogP) is 4.57. The van der Waals surface area contributed by atoms with Crippen LogP contribution >= 0.6 is 11.3 Å². The number of fused-ring (bicyclic) bond motifs is 1. The zero-order valence-corrected chi connectivity index (χ0v) is 20.0. The molecule has 172 valence electrons. The van der Waals surface area contributed by atoms with Crippen molar-refractivity contribution in [2.75, 3.05) is 26.2 Å². The van der Waals surface area contributed by atoms with Crippen LogP contribution in [0.2, 0.25) is 0 Å². The normalized spacial score (nSPS) is 17.8. The third-order valence-corrected chi connectivity index (χ3v) is 7.25. The number of benzene rings is 1. The van der Waals surface area contributed by atoms with Gasteiger partial charge in [0, 0.05) is 24.0 Å². The molecule has 2 heterocycles. The summed E-state index contributed by atoms with van der Waals surface area (Å²) in [7, 11) is 0. The maximum Gasteiger partial charge on any atom is 0.318 e. The van der Waals surface area contributed by atoms with Gasteiger partial charge in [-0.05, 0) is 66.8 Å². The summed E-state index contributed by atoms with van der Waals surface area (Å²) in [4.78, 5) is 30.8. The van der Waals surface area contributed by atoms with Crippen molar-refractivity contribution in [2.24, 2.45) is 0 Å². The van der Waals surface area contributed by atoms with E-state index < -0.39 is 0 Å². The van der Waals surface area contributed by atoms with Gasteiger partial charge in [-0.1, -0.05) is 26.0 Å². The average molecular weight is 456 g/mol. The lowest BCUT2D eigenvalue weighted by Gasteiger charge is -2.37. The standard InChI is InChI=1S/C25H33N3O3S/c1-4-26-25(30)28(19-7-8-19)15-24(29)27-13-11-23-21(12-14-32-23)22(27)16-31-20-9-5-18(6-10-20)17(2)3/h5-6,9-10,12,14,17,19,22H,4,7-8,11,13,15-16H2,1-3H3,(H,26,30)/t22-/m1/s1. The van der Waals surface area contributed by atoms with Gasteiger partial charge in [0.25, 0.3) is 0 Å². The molecule has 0 spiro atoms. The highest BCUT2D eigenvalue weighted by Crippen LogP contribution is 2.35. The Hall–Kier alpha value is -2.54. The van der Waals surface area contributed by atoms with Gasteiger partial charge < -0.3 is 19.9 Å². The molecule has 1 aromatic carbocycles. The number of hydrogen-bond donors (Lipinski definition) is 1. The van der Waals surface area contributed by atoms with Gasteiger partial charge >= 0.3 is 6.03 Å². The number of rotatable bonds is 8. The molecule has 0 bridgehead atoms. The van der Waals surface area contributed by atoms with E-state index >= 15 is 0 Å². The predicted molar refractivity (Wildman–Crippen MR) is 127 cm³/mol. The van der Waals surface area contributed by atoms with Gasteiger partial charge in [0.2, 0.25) is 5.91 Å². The number of carbonyl (C=O) groups is 2. The van der Waals surface area contributed by atoms with E-state index in [0.29, 0.717) is 25.6 Å². The van der Waals surface area contributed by atoms with E-state index in [2.05, 4.69) is 42.7 Å². The second kappa shape index (κ2) is 9.94. The fourth-order valence-corrected chi connectivity index (χ4v) is 5.17. The van der Waals surface area contributed by atoms with Crippen molar-refractivity contribution < 1.29 is 14.3 Å². The molecule has 1 atom stereocenters. The van der Waals surface area contributed by atoms with Crippen LogP contribution in [0, 0.1) is 0 Å². The van der Waals surface area contributed by atoms with Crippen LogP contribution in [0.25, 0.3) is 0 Å². The number of amides is 3. The van der Waals surface area contributed by atoms with Crippen molar-refractivity contribution in [3.63, 3.8) is 0 Å². The lowest BCUT2D eigenvalue weighted by atomic mass is 10.00. The van der Waals surface area contributed by atoms with Gasteiger partial charge in [-0.3, -0.25) is 4.79 Å². The Labute approximate surface area is 194 Å². The summed E-state index contributed by atoms with van der Waals surface area (Å²) in [5.41, 5.74) is 2.45. The van der Waals surface area contributed by atoms with Crippen LogP contribution in [0.4, 0.5) is 4.79 Å². The van der Waals surface area contributed by atoms with E-state index in [9.17, 15) is 9.59 Å². The molecular weight excluding hydrogens is 422 g/mol. The molecule has 2 aromatic rings. The molecule has 0 radical (unpaired) electrons. The lowest BCUT2D eigenvalue weighted by Crippen LogP contribution is -2.50. The molecule has 1 N–H and O–H groups in total. The topological polar surface area (TPSA) is 61.9 Å². The van der Waals surface area contributed by atoms with E-state index in [4.69, 9.17) is 4.74 Å². The Morgan fingerprint density at radius 1 is 1.22 bits per heavy atom. The van der Waals surface area contributed by atoms with Gasteiger partial charge in [0.15, 0.2) is 0 Å². The molecule has 1 saturated carbocycles. The number of thiophene rings is 1. The molecule has 1 aromatic heterocycles. The highest BCUT2D eigenvalue weighted by molar-refractivity contribution is 7.10. The van der Waals surface area contributed by atoms with Crippen LogP contribution in [0.3, 0.4) is 0 Å². The van der Waals surface area contributed by atoms with Crippen LogP contribution in [-0.4, -0.2) is 54.0 Å². The van der Waals surface area contributed by atoms with E-state index in [1.165, 1.54) is 16.0 Å². The Morgan fingerprint density at radius 2 is 1.97 bits per heavy atom. The zero-order chi connectivity index (χ0) is 22.7. The fraction of sp³-hybridized carbons (Fsp3) is 0.520. The summed E-state index contributed by atoms with van der Waals surface area (Å²) < 4.78 is 6.16. The van der Waals surface area contributed by atoms with Crippen molar-refractivity contribution in [3.8, 4) is 5.75 Å². The molecule has 1 fully saturated rings. The molecule has 6 nitrogen and oxygen atoms in total. The van der Waals surface area contributed by atoms with E-state index in [1.54, 1.807) is 16.2 Å². The van der Waals surface area contributed by atoms with Gasteiger partial charge in [-0.25, -0.2) is 4.79 Å². The molecule has 3 amide bonds. The molecule has 1 aliphatic carbocycles. The lowest BCUT2D eigenvalue weighted by molar-refractivity contribution is -0.135. The van der Waals surface area contributed by atoms with Gasteiger partial charge in [-0.2, -0.15) is 0 Å². The maximum atomic E-state index is 13.4. The first-order valence-electron chi connectivity index (χ1n) is 11.6. The summed E-state index contributed by atoms with van der Waals surface area (Å²) in [6, 6.07) is 10.2. The Bertz CT molecular complexity index is 936. The molecule has 4 rings (SSSR count). The summed E-state index contributed by atoms with van der Waals surface area (Å²) in [6.07, 6.45) is 2.79. The summed E-state index contributed by atoms with van der Waals surface area (Å²) in [5, 5.41) is 4.94. The number of carbonyl (C=O) groups excluding carboxylic acids is 2. The molecule has 0 unspecified atom stereocenters. The van der Waals surface area contributed by atoms with Crippen molar-refractivity contribution in [2.45, 2.75) is 58.0 Å². The third-order valence-electron chi connectivity index (χ3n) is 6.25. The molecular formula is C25H33N3O3S. The molecule has 7 heteroatoms. The zero-order valence-electron chi connectivity index (χ0n) is 19.2. The average Bonchev–Trinajstić information content (AvgIpc) is 3.51. The Morgan fingerprint density at radius 3 is 2.62 bits per heavy atom. The molecule has 1 aliphatic heterocycles. The number of nitrogens with one attached hydrogen (secondary N) is 1. The largest absolute Gasteiger partial charge is 0.491 e. The van der Waals surface area contributed by atoms with Crippen LogP contribution in [0.15, 0.2) is 35.7 Å². The first-order valence-corrected chi connectivity index (χ1v) is 12.5. The van der Waals surface area contributed by atoms with Crippen LogP contribution in [-0.2, 0) is 11.2 Å². The maximum absolute atomic E-state index is 13.4.